The van der Waals surface area contributed by atoms with Gasteiger partial charge in [0, 0.05) is 0 Å². The van der Waals surface area contributed by atoms with E-state index in [0.29, 0.717) is 6.61 Å². The van der Waals surface area contributed by atoms with Gasteiger partial charge in [0.15, 0.2) is 0 Å². The zero-order valence-corrected chi connectivity index (χ0v) is 16.8. The van der Waals surface area contributed by atoms with Crippen LogP contribution in [0.15, 0.2) is 72.8 Å². The van der Waals surface area contributed by atoms with Crippen molar-refractivity contribution in [3.8, 4) is 11.5 Å². The van der Waals surface area contributed by atoms with Crippen LogP contribution in [0.1, 0.15) is 6.92 Å². The third kappa shape index (κ3) is 1.95. The Morgan fingerprint density at radius 3 is 1.76 bits per heavy atom. The minimum absolute atomic E-state index is 0.0566. The van der Waals surface area contributed by atoms with Crippen LogP contribution in [0.3, 0.4) is 0 Å². The molecule has 0 amide bonds. The van der Waals surface area contributed by atoms with E-state index in [9.17, 15) is 4.79 Å². The van der Waals surface area contributed by atoms with E-state index in [4.69, 9.17) is 13.8 Å². The van der Waals surface area contributed by atoms with Crippen LogP contribution in [0.5, 0.6) is 11.5 Å². The first kappa shape index (κ1) is 16.8. The number of hydrogen-bond acceptors (Lipinski definition) is 4. The molecule has 1 spiro atoms. The van der Waals surface area contributed by atoms with Crippen LogP contribution < -0.4 is 19.7 Å². The molecule has 4 nitrogen and oxygen atoms in total. The van der Waals surface area contributed by atoms with Crippen molar-refractivity contribution in [2.75, 3.05) is 12.8 Å². The van der Waals surface area contributed by atoms with Crippen molar-refractivity contribution in [3.63, 3.8) is 0 Å². The predicted octanol–water partition coefficient (Wildman–Crippen LogP) is 4.68. The van der Waals surface area contributed by atoms with E-state index >= 15 is 0 Å². The molecule has 0 aliphatic carbocycles. The number of fused-ring (bicyclic) bond motifs is 2. The van der Waals surface area contributed by atoms with Gasteiger partial charge in [0.2, 0.25) is 0 Å². The topological polar surface area (TPSA) is 44.8 Å². The van der Waals surface area contributed by atoms with Gasteiger partial charge in [-0.15, -0.1) is 0 Å². The summed E-state index contributed by atoms with van der Waals surface area (Å²) < 4.78 is 19.1. The fourth-order valence-corrected chi connectivity index (χ4v) is 9.93. The predicted molar refractivity (Wildman–Crippen MR) is 117 cm³/mol. The van der Waals surface area contributed by atoms with Crippen molar-refractivity contribution in [2.45, 2.75) is 6.92 Å². The van der Waals surface area contributed by atoms with Crippen LogP contribution in [0, 0.1) is 0 Å². The van der Waals surface area contributed by atoms with Gasteiger partial charge in [-0.25, -0.2) is 0 Å². The Balaban J connectivity index is 1.75. The molecule has 0 fully saturated rings. The Kier molecular flexibility index (Phi) is 3.18. The normalized spacial score (nSPS) is 18.2. The molecule has 0 N–H and O–H groups in total. The second kappa shape index (κ2) is 5.49. The molecule has 0 bridgehead atoms. The molecule has 0 saturated heterocycles. The molecule has 0 aromatic heterocycles. The average Bonchev–Trinajstić information content (AvgIpc) is 3.16. The van der Waals surface area contributed by atoms with Crippen LogP contribution in [-0.4, -0.2) is 18.7 Å². The number of carbonyl (C=O) groups excluding carboxylic acids is 1. The molecule has 2 heterocycles. The number of hydrogen-bond donors (Lipinski definition) is 0. The molecule has 0 saturated carbocycles. The van der Waals surface area contributed by atoms with Gasteiger partial charge in [-0.1, -0.05) is 0 Å². The molecule has 6 rings (SSSR count). The van der Waals surface area contributed by atoms with Crippen molar-refractivity contribution in [1.29, 1.82) is 0 Å². The summed E-state index contributed by atoms with van der Waals surface area (Å²) in [6, 6.07) is 24.3. The minimum atomic E-state index is -3.82. The molecule has 29 heavy (non-hydrogen) atoms. The van der Waals surface area contributed by atoms with Crippen LogP contribution in [0.4, 0.5) is 0 Å². The third-order valence-corrected chi connectivity index (χ3v) is 10.7. The molecule has 0 unspecified atom stereocenters. The number of esters is 1. The van der Waals surface area contributed by atoms with Gasteiger partial charge in [-0.05, 0) is 0 Å². The Morgan fingerprint density at radius 2 is 1.28 bits per heavy atom. The summed E-state index contributed by atoms with van der Waals surface area (Å²) in [6.07, 6.45) is 0.0566. The fourth-order valence-electron chi connectivity index (χ4n) is 4.92. The van der Waals surface area contributed by atoms with Crippen LogP contribution in [0.25, 0.3) is 21.5 Å². The molecule has 0 radical (unpaired) electrons. The van der Waals surface area contributed by atoms with Gasteiger partial charge >= 0.3 is 168 Å². The molecule has 2 aliphatic rings. The van der Waals surface area contributed by atoms with E-state index in [-0.39, 0.29) is 12.1 Å². The monoisotopic (exact) mass is 402 g/mol. The first-order chi connectivity index (χ1) is 14.1. The van der Waals surface area contributed by atoms with Gasteiger partial charge in [0.1, 0.15) is 0 Å². The molecule has 0 atom stereocenters. The second-order valence-corrected chi connectivity index (χ2v) is 11.4. The average molecular weight is 402 g/mol. The van der Waals surface area contributed by atoms with Gasteiger partial charge in [-0.2, -0.15) is 0 Å². The quantitative estimate of drug-likeness (QED) is 0.369. The third-order valence-electron chi connectivity index (χ3n) is 5.97. The standard InChI is InChI=1S/C24H19O4P/c1-2-26-22(25)15-29(20-13-5-9-16-7-3-11-18(27-29)23(16)20)21-14-6-10-17-8-4-12-19(28-29)24(17)21/h3-14H,2,15H2,1H3. The van der Waals surface area contributed by atoms with Crippen molar-refractivity contribution in [2.24, 2.45) is 0 Å². The summed E-state index contributed by atoms with van der Waals surface area (Å²) in [5.74, 6) is 1.23. The molecule has 4 aromatic rings. The van der Waals surface area contributed by atoms with E-state index < -0.39 is 7.06 Å². The summed E-state index contributed by atoms with van der Waals surface area (Å²) in [4.78, 5) is 12.9. The first-order valence-corrected chi connectivity index (χ1v) is 12.0. The molecular formula is C24H19O4P. The van der Waals surface area contributed by atoms with Crippen molar-refractivity contribution in [1.82, 2.24) is 0 Å². The maximum absolute atomic E-state index is 12.9. The molecule has 4 aromatic carbocycles. The van der Waals surface area contributed by atoms with E-state index in [2.05, 4.69) is 36.4 Å². The van der Waals surface area contributed by atoms with Crippen molar-refractivity contribution in [3.05, 3.63) is 72.8 Å². The number of rotatable bonds is 3. The number of carbonyl (C=O) groups is 1. The van der Waals surface area contributed by atoms with Gasteiger partial charge in [-0.3, -0.25) is 0 Å². The summed E-state index contributed by atoms with van der Waals surface area (Å²) >= 11 is 0. The first-order valence-electron chi connectivity index (χ1n) is 9.77. The van der Waals surface area contributed by atoms with Crippen LogP contribution in [-0.2, 0) is 9.53 Å². The summed E-state index contributed by atoms with van der Waals surface area (Å²) in [5.41, 5.74) is 0. The number of ether oxygens (including phenoxy) is 1. The van der Waals surface area contributed by atoms with Gasteiger partial charge in [0.05, 0.1) is 0 Å². The number of benzene rings is 4. The molecule has 5 heteroatoms. The maximum atomic E-state index is 12.9. The van der Waals surface area contributed by atoms with Gasteiger partial charge < -0.3 is 0 Å². The SMILES string of the molecule is CCOC(=O)CP12(Oc3cccc4cccc1c34)Oc1cccc3cccc2c13. The fraction of sp³-hybridized carbons (Fsp3) is 0.125. The zero-order valence-electron chi connectivity index (χ0n) is 15.9. The summed E-state index contributed by atoms with van der Waals surface area (Å²) in [6.45, 7) is 2.14. The Morgan fingerprint density at radius 1 is 0.793 bits per heavy atom. The van der Waals surface area contributed by atoms with E-state index in [1.54, 1.807) is 0 Å². The molecule has 2 aliphatic heterocycles. The van der Waals surface area contributed by atoms with Gasteiger partial charge in [0.25, 0.3) is 0 Å². The molecular weight excluding hydrogens is 383 g/mol. The van der Waals surface area contributed by atoms with Crippen LogP contribution >= 0.6 is 7.06 Å². The second-order valence-electron chi connectivity index (χ2n) is 7.53. The van der Waals surface area contributed by atoms with Crippen molar-refractivity contribution >= 4 is 45.2 Å². The molecule has 144 valence electrons. The van der Waals surface area contributed by atoms with E-state index in [0.717, 1.165) is 43.7 Å². The summed E-state index contributed by atoms with van der Waals surface area (Å²) in [7, 11) is -3.82. The van der Waals surface area contributed by atoms with E-state index in [1.165, 1.54) is 0 Å². The Bertz CT molecular complexity index is 1240. The Labute approximate surface area is 168 Å². The van der Waals surface area contributed by atoms with Crippen molar-refractivity contribution < 1.29 is 18.6 Å². The zero-order chi connectivity index (χ0) is 19.7. The van der Waals surface area contributed by atoms with Crippen LogP contribution in [0.2, 0.25) is 0 Å². The summed E-state index contributed by atoms with van der Waals surface area (Å²) in [5, 5.41) is 6.17. The Hall–Kier alpha value is -3.10. The van der Waals surface area contributed by atoms with E-state index in [1.807, 2.05) is 43.3 Å².